The quantitative estimate of drug-likeness (QED) is 0.788. The molecule has 18 heavy (non-hydrogen) atoms. The lowest BCUT2D eigenvalue weighted by atomic mass is 9.99. The average molecular weight is 267 g/mol. The van der Waals surface area contributed by atoms with Gasteiger partial charge in [-0.15, -0.1) is 0 Å². The van der Waals surface area contributed by atoms with Gasteiger partial charge in [-0.25, -0.2) is 4.98 Å². The van der Waals surface area contributed by atoms with Gasteiger partial charge in [0.1, 0.15) is 0 Å². The van der Waals surface area contributed by atoms with Gasteiger partial charge in [0.25, 0.3) is 0 Å². The monoisotopic (exact) mass is 267 g/mol. The molecule has 5 heteroatoms. The third kappa shape index (κ3) is 3.07. The zero-order chi connectivity index (χ0) is 13.1. The number of thioether (sulfide) groups is 1. The first-order chi connectivity index (χ1) is 8.58. The average Bonchev–Trinajstić information content (AvgIpc) is 2.75. The van der Waals surface area contributed by atoms with Gasteiger partial charge in [-0.1, -0.05) is 18.7 Å². The Labute approximate surface area is 113 Å². The maximum atomic E-state index is 12.3. The largest absolute Gasteiger partial charge is 0.342 e. The minimum Gasteiger partial charge on any atom is -0.342 e. The van der Waals surface area contributed by atoms with Crippen LogP contribution < -0.4 is 0 Å². The van der Waals surface area contributed by atoms with Crippen molar-refractivity contribution in [3.05, 3.63) is 12.4 Å². The van der Waals surface area contributed by atoms with Crippen LogP contribution in [0.2, 0.25) is 0 Å². The maximum absolute atomic E-state index is 12.3. The van der Waals surface area contributed by atoms with Gasteiger partial charge in [-0.2, -0.15) is 0 Å². The Morgan fingerprint density at radius 2 is 2.17 bits per heavy atom. The zero-order valence-corrected chi connectivity index (χ0v) is 12.1. The van der Waals surface area contributed by atoms with Gasteiger partial charge in [0.15, 0.2) is 5.16 Å². The van der Waals surface area contributed by atoms with Gasteiger partial charge in [0.2, 0.25) is 5.91 Å². The Morgan fingerprint density at radius 3 is 2.72 bits per heavy atom. The van der Waals surface area contributed by atoms with E-state index in [-0.39, 0.29) is 11.2 Å². The number of carbonyl (C=O) groups is 1. The highest BCUT2D eigenvalue weighted by atomic mass is 32.2. The van der Waals surface area contributed by atoms with E-state index in [1.165, 1.54) is 0 Å². The molecule has 0 unspecified atom stereocenters. The van der Waals surface area contributed by atoms with Gasteiger partial charge in [0, 0.05) is 32.5 Å². The molecule has 1 aliphatic rings. The molecular formula is C13H21N3OS. The molecule has 2 rings (SSSR count). The standard InChI is InChI=1S/C13H21N3OS/c1-10-4-7-16(8-5-10)12(17)11(2)18-13-14-6-9-15(13)3/h6,9-11H,4-5,7-8H2,1-3H3/t11-/m0/s1. The molecule has 0 radical (unpaired) electrons. The van der Waals surface area contributed by atoms with Crippen LogP contribution in [0.1, 0.15) is 26.7 Å². The van der Waals surface area contributed by atoms with E-state index in [0.717, 1.165) is 37.0 Å². The predicted octanol–water partition coefficient (Wildman–Crippen LogP) is 2.16. The lowest BCUT2D eigenvalue weighted by Crippen LogP contribution is -2.41. The third-order valence-electron chi connectivity index (χ3n) is 3.50. The Morgan fingerprint density at radius 1 is 1.50 bits per heavy atom. The van der Waals surface area contributed by atoms with Crippen molar-refractivity contribution in [3.8, 4) is 0 Å². The molecule has 0 aliphatic carbocycles. The van der Waals surface area contributed by atoms with E-state index in [0.29, 0.717) is 0 Å². The van der Waals surface area contributed by atoms with E-state index in [9.17, 15) is 4.79 Å². The van der Waals surface area contributed by atoms with Crippen molar-refractivity contribution in [2.24, 2.45) is 13.0 Å². The summed E-state index contributed by atoms with van der Waals surface area (Å²) in [4.78, 5) is 18.6. The van der Waals surface area contributed by atoms with Crippen molar-refractivity contribution < 1.29 is 4.79 Å². The van der Waals surface area contributed by atoms with Gasteiger partial charge in [-0.05, 0) is 25.7 Å². The third-order valence-corrected chi connectivity index (χ3v) is 4.66. The van der Waals surface area contributed by atoms with Crippen molar-refractivity contribution in [1.29, 1.82) is 0 Å². The van der Waals surface area contributed by atoms with Crippen LogP contribution in [0.3, 0.4) is 0 Å². The van der Waals surface area contributed by atoms with Crippen molar-refractivity contribution in [2.45, 2.75) is 37.1 Å². The number of likely N-dealkylation sites (tertiary alicyclic amines) is 1. The lowest BCUT2D eigenvalue weighted by molar-refractivity contribution is -0.131. The molecule has 0 N–H and O–H groups in total. The van der Waals surface area contributed by atoms with Crippen LogP contribution in [-0.2, 0) is 11.8 Å². The smallest absolute Gasteiger partial charge is 0.235 e. The minimum absolute atomic E-state index is 0.0560. The summed E-state index contributed by atoms with van der Waals surface area (Å²) in [7, 11) is 1.95. The van der Waals surface area contributed by atoms with Crippen molar-refractivity contribution in [3.63, 3.8) is 0 Å². The number of hydrogen-bond acceptors (Lipinski definition) is 3. The molecular weight excluding hydrogens is 246 g/mol. The van der Waals surface area contributed by atoms with Gasteiger partial charge in [-0.3, -0.25) is 4.79 Å². The molecule has 0 bridgehead atoms. The molecule has 4 nitrogen and oxygen atoms in total. The van der Waals surface area contributed by atoms with Crippen LogP contribution >= 0.6 is 11.8 Å². The van der Waals surface area contributed by atoms with Gasteiger partial charge in [0.05, 0.1) is 5.25 Å². The summed E-state index contributed by atoms with van der Waals surface area (Å²) >= 11 is 1.54. The van der Waals surface area contributed by atoms with Crippen molar-refractivity contribution in [1.82, 2.24) is 14.5 Å². The van der Waals surface area contributed by atoms with Crippen LogP contribution in [0.25, 0.3) is 0 Å². The molecule has 1 aromatic rings. The second-order valence-corrected chi connectivity index (χ2v) is 6.40. The van der Waals surface area contributed by atoms with Crippen molar-refractivity contribution >= 4 is 17.7 Å². The normalized spacial score (nSPS) is 18.9. The molecule has 1 aromatic heterocycles. The summed E-state index contributed by atoms with van der Waals surface area (Å²) in [6.45, 7) is 6.05. The number of amides is 1. The van der Waals surface area contributed by atoms with Crippen LogP contribution in [-0.4, -0.2) is 38.7 Å². The molecule has 1 saturated heterocycles. The van der Waals surface area contributed by atoms with Crippen LogP contribution in [0.5, 0.6) is 0 Å². The van der Waals surface area contributed by atoms with E-state index in [1.807, 2.05) is 29.6 Å². The number of nitrogens with zero attached hydrogens (tertiary/aromatic N) is 3. The molecule has 0 saturated carbocycles. The first-order valence-electron chi connectivity index (χ1n) is 6.50. The van der Waals surface area contributed by atoms with E-state index >= 15 is 0 Å². The lowest BCUT2D eigenvalue weighted by Gasteiger charge is -2.31. The fourth-order valence-corrected chi connectivity index (χ4v) is 3.08. The first-order valence-corrected chi connectivity index (χ1v) is 7.38. The molecule has 1 amide bonds. The van der Waals surface area contributed by atoms with Crippen molar-refractivity contribution in [2.75, 3.05) is 13.1 Å². The van der Waals surface area contributed by atoms with E-state index in [4.69, 9.17) is 0 Å². The summed E-state index contributed by atoms with van der Waals surface area (Å²) in [6, 6.07) is 0. The number of aryl methyl sites for hydroxylation is 1. The zero-order valence-electron chi connectivity index (χ0n) is 11.3. The Kier molecular flexibility index (Phi) is 4.32. The van der Waals surface area contributed by atoms with E-state index in [1.54, 1.807) is 18.0 Å². The SMILES string of the molecule is CC1CCN(C(=O)[C@H](C)Sc2nccn2C)CC1. The minimum atomic E-state index is -0.0560. The second kappa shape index (κ2) is 5.78. The van der Waals surface area contributed by atoms with Gasteiger partial charge >= 0.3 is 0 Å². The van der Waals surface area contributed by atoms with Crippen LogP contribution in [0.4, 0.5) is 0 Å². The van der Waals surface area contributed by atoms with Crippen LogP contribution in [0.15, 0.2) is 17.6 Å². The molecule has 100 valence electrons. The molecule has 2 heterocycles. The highest BCUT2D eigenvalue weighted by Gasteiger charge is 2.25. The molecule has 0 aromatic carbocycles. The van der Waals surface area contributed by atoms with Crippen LogP contribution in [0, 0.1) is 5.92 Å². The number of carbonyl (C=O) groups excluding carboxylic acids is 1. The highest BCUT2D eigenvalue weighted by molar-refractivity contribution is 8.00. The highest BCUT2D eigenvalue weighted by Crippen LogP contribution is 2.24. The fourth-order valence-electron chi connectivity index (χ4n) is 2.16. The number of hydrogen-bond donors (Lipinski definition) is 0. The molecule has 1 aliphatic heterocycles. The first kappa shape index (κ1) is 13.5. The molecule has 1 fully saturated rings. The summed E-state index contributed by atoms with van der Waals surface area (Å²) in [5, 5.41) is 0.848. The molecule has 0 spiro atoms. The maximum Gasteiger partial charge on any atom is 0.235 e. The second-order valence-electron chi connectivity index (χ2n) is 5.09. The van der Waals surface area contributed by atoms with E-state index in [2.05, 4.69) is 11.9 Å². The summed E-state index contributed by atoms with van der Waals surface area (Å²) in [5.41, 5.74) is 0. The number of aromatic nitrogens is 2. The summed E-state index contributed by atoms with van der Waals surface area (Å²) in [6.07, 6.45) is 5.93. The van der Waals surface area contributed by atoms with E-state index < -0.39 is 0 Å². The predicted molar refractivity (Wildman–Crippen MR) is 73.5 cm³/mol. The number of piperidine rings is 1. The summed E-state index contributed by atoms with van der Waals surface area (Å²) < 4.78 is 1.95. The molecule has 1 atom stereocenters. The Balaban J connectivity index is 1.91. The number of rotatable bonds is 3. The Hall–Kier alpha value is -0.970. The Bertz CT molecular complexity index is 410. The topological polar surface area (TPSA) is 38.1 Å². The number of imidazole rings is 1. The fraction of sp³-hybridized carbons (Fsp3) is 0.692. The summed E-state index contributed by atoms with van der Waals surface area (Å²) in [5.74, 6) is 1.00. The van der Waals surface area contributed by atoms with Gasteiger partial charge < -0.3 is 9.47 Å².